The summed E-state index contributed by atoms with van der Waals surface area (Å²) in [6.45, 7) is 3.42. The average molecular weight is 290 g/mol. The van der Waals surface area contributed by atoms with Crippen LogP contribution < -0.4 is 5.32 Å². The number of carboxylic acid groups (broad SMARTS) is 1. The first-order valence-corrected chi connectivity index (χ1v) is 6.07. The first-order valence-electron chi connectivity index (χ1n) is 5.31. The molecule has 1 atom stereocenters. The summed E-state index contributed by atoms with van der Waals surface area (Å²) in [5.74, 6) is -1.83. The van der Waals surface area contributed by atoms with Crippen molar-refractivity contribution in [3.05, 3.63) is 33.8 Å². The second kappa shape index (κ2) is 6.07. The molecule has 2 N–H and O–H groups in total. The summed E-state index contributed by atoms with van der Waals surface area (Å²) in [4.78, 5) is 22.9. The molecule has 0 aliphatic heterocycles. The highest BCUT2D eigenvalue weighted by atomic mass is 35.5. The largest absolute Gasteiger partial charge is 0.480 e. The minimum atomic E-state index is -1.08. The van der Waals surface area contributed by atoms with Crippen LogP contribution in [0.25, 0.3) is 0 Å². The van der Waals surface area contributed by atoms with Crippen molar-refractivity contribution in [1.82, 2.24) is 5.32 Å². The first-order chi connectivity index (χ1) is 8.32. The van der Waals surface area contributed by atoms with Gasteiger partial charge in [-0.1, -0.05) is 37.0 Å². The van der Waals surface area contributed by atoms with Gasteiger partial charge in [0.2, 0.25) is 0 Å². The van der Waals surface area contributed by atoms with Crippen molar-refractivity contribution >= 4 is 35.1 Å². The number of halogens is 2. The summed E-state index contributed by atoms with van der Waals surface area (Å²) in [6.07, 6.45) is 0. The Labute approximate surface area is 115 Å². The third kappa shape index (κ3) is 3.62. The average Bonchev–Trinajstić information content (AvgIpc) is 2.24. The lowest BCUT2D eigenvalue weighted by atomic mass is 10.0. The van der Waals surface area contributed by atoms with Gasteiger partial charge in [-0.3, -0.25) is 4.79 Å². The van der Waals surface area contributed by atoms with E-state index >= 15 is 0 Å². The molecule has 0 radical (unpaired) electrons. The number of benzene rings is 1. The minimum absolute atomic E-state index is 0.188. The van der Waals surface area contributed by atoms with Crippen LogP contribution in [0.3, 0.4) is 0 Å². The van der Waals surface area contributed by atoms with Crippen LogP contribution in [0.5, 0.6) is 0 Å². The van der Waals surface area contributed by atoms with Crippen LogP contribution in [-0.2, 0) is 4.79 Å². The Kier molecular flexibility index (Phi) is 4.99. The van der Waals surface area contributed by atoms with Gasteiger partial charge < -0.3 is 10.4 Å². The Hall–Kier alpha value is -1.26. The molecule has 18 heavy (non-hydrogen) atoms. The smallest absolute Gasteiger partial charge is 0.326 e. The van der Waals surface area contributed by atoms with Crippen LogP contribution in [0.2, 0.25) is 10.0 Å². The summed E-state index contributed by atoms with van der Waals surface area (Å²) < 4.78 is 0. The Balaban J connectivity index is 2.91. The van der Waals surface area contributed by atoms with Crippen molar-refractivity contribution in [3.8, 4) is 0 Å². The molecule has 0 aliphatic rings. The predicted molar refractivity (Wildman–Crippen MR) is 70.2 cm³/mol. The second-order valence-corrected chi connectivity index (χ2v) is 5.00. The van der Waals surface area contributed by atoms with Gasteiger partial charge in [-0.15, -0.1) is 0 Å². The van der Waals surface area contributed by atoms with Crippen LogP contribution in [0, 0.1) is 5.92 Å². The van der Waals surface area contributed by atoms with E-state index in [0.29, 0.717) is 5.02 Å². The molecule has 0 heterocycles. The zero-order chi connectivity index (χ0) is 13.9. The molecule has 0 bridgehead atoms. The maximum Gasteiger partial charge on any atom is 0.326 e. The summed E-state index contributed by atoms with van der Waals surface area (Å²) >= 11 is 11.6. The molecular weight excluding hydrogens is 277 g/mol. The SMILES string of the molecule is CC(C)[C@@H](NC(=O)c1ccc(Cl)cc1Cl)C(=O)O. The van der Waals surface area contributed by atoms with E-state index in [1.807, 2.05) is 0 Å². The number of rotatable bonds is 4. The van der Waals surface area contributed by atoms with Crippen LogP contribution in [0.4, 0.5) is 0 Å². The fraction of sp³-hybridized carbons (Fsp3) is 0.333. The molecule has 1 rings (SSSR count). The molecule has 0 aliphatic carbocycles. The predicted octanol–water partition coefficient (Wildman–Crippen LogP) is 2.83. The zero-order valence-corrected chi connectivity index (χ0v) is 11.4. The molecule has 0 spiro atoms. The molecule has 4 nitrogen and oxygen atoms in total. The fourth-order valence-electron chi connectivity index (χ4n) is 1.41. The van der Waals surface area contributed by atoms with E-state index in [1.54, 1.807) is 13.8 Å². The molecule has 1 amide bonds. The molecule has 0 aromatic heterocycles. The van der Waals surface area contributed by atoms with E-state index < -0.39 is 17.9 Å². The summed E-state index contributed by atoms with van der Waals surface area (Å²) in [5.41, 5.74) is 0.202. The van der Waals surface area contributed by atoms with Crippen LogP contribution in [0.1, 0.15) is 24.2 Å². The Morgan fingerprint density at radius 2 is 1.89 bits per heavy atom. The van der Waals surface area contributed by atoms with E-state index in [2.05, 4.69) is 5.32 Å². The van der Waals surface area contributed by atoms with E-state index in [-0.39, 0.29) is 16.5 Å². The van der Waals surface area contributed by atoms with Crippen molar-refractivity contribution in [2.24, 2.45) is 5.92 Å². The molecule has 6 heteroatoms. The monoisotopic (exact) mass is 289 g/mol. The normalized spacial score (nSPS) is 12.3. The van der Waals surface area contributed by atoms with Crippen molar-refractivity contribution < 1.29 is 14.7 Å². The van der Waals surface area contributed by atoms with Gasteiger partial charge in [-0.25, -0.2) is 4.79 Å². The number of hydrogen-bond acceptors (Lipinski definition) is 2. The molecule has 0 fully saturated rings. The van der Waals surface area contributed by atoms with Gasteiger partial charge in [0, 0.05) is 5.02 Å². The lowest BCUT2D eigenvalue weighted by Gasteiger charge is -2.18. The van der Waals surface area contributed by atoms with Gasteiger partial charge in [0.1, 0.15) is 6.04 Å². The molecule has 0 unspecified atom stereocenters. The summed E-state index contributed by atoms with van der Waals surface area (Å²) in [5, 5.41) is 12.0. The van der Waals surface area contributed by atoms with Gasteiger partial charge in [-0.05, 0) is 24.1 Å². The Morgan fingerprint density at radius 1 is 1.28 bits per heavy atom. The van der Waals surface area contributed by atoms with Crippen molar-refractivity contribution in [2.45, 2.75) is 19.9 Å². The summed E-state index contributed by atoms with van der Waals surface area (Å²) in [6, 6.07) is 3.46. The number of hydrogen-bond donors (Lipinski definition) is 2. The van der Waals surface area contributed by atoms with Crippen LogP contribution >= 0.6 is 23.2 Å². The van der Waals surface area contributed by atoms with Gasteiger partial charge in [0.15, 0.2) is 0 Å². The Bertz CT molecular complexity index is 474. The molecule has 0 saturated carbocycles. The van der Waals surface area contributed by atoms with Gasteiger partial charge in [0.05, 0.1) is 10.6 Å². The molecule has 1 aromatic rings. The third-order valence-corrected chi connectivity index (χ3v) is 2.94. The fourth-order valence-corrected chi connectivity index (χ4v) is 1.90. The number of carbonyl (C=O) groups excluding carboxylic acids is 1. The molecule has 1 aromatic carbocycles. The molecule has 98 valence electrons. The van der Waals surface area contributed by atoms with E-state index in [9.17, 15) is 9.59 Å². The number of carboxylic acids is 1. The van der Waals surface area contributed by atoms with E-state index in [0.717, 1.165) is 0 Å². The van der Waals surface area contributed by atoms with Gasteiger partial charge in [0.25, 0.3) is 5.91 Å². The maximum atomic E-state index is 11.9. The zero-order valence-electron chi connectivity index (χ0n) is 9.91. The van der Waals surface area contributed by atoms with Gasteiger partial charge in [-0.2, -0.15) is 0 Å². The second-order valence-electron chi connectivity index (χ2n) is 4.16. The molecular formula is C12H13Cl2NO3. The number of aliphatic carboxylic acids is 1. The molecule has 0 saturated heterocycles. The highest BCUT2D eigenvalue weighted by molar-refractivity contribution is 6.36. The standard InChI is InChI=1S/C12H13Cl2NO3/c1-6(2)10(12(17)18)15-11(16)8-4-3-7(13)5-9(8)14/h3-6,10H,1-2H3,(H,15,16)(H,17,18)/t10-/m1/s1. The van der Waals surface area contributed by atoms with Crippen LogP contribution in [-0.4, -0.2) is 23.0 Å². The number of carbonyl (C=O) groups is 2. The van der Waals surface area contributed by atoms with Crippen LogP contribution in [0.15, 0.2) is 18.2 Å². The topological polar surface area (TPSA) is 66.4 Å². The Morgan fingerprint density at radius 3 is 2.33 bits per heavy atom. The van der Waals surface area contributed by atoms with Crippen molar-refractivity contribution in [2.75, 3.05) is 0 Å². The van der Waals surface area contributed by atoms with E-state index in [1.165, 1.54) is 18.2 Å². The van der Waals surface area contributed by atoms with Gasteiger partial charge >= 0.3 is 5.97 Å². The third-order valence-electron chi connectivity index (χ3n) is 2.40. The number of amides is 1. The minimum Gasteiger partial charge on any atom is -0.480 e. The lowest BCUT2D eigenvalue weighted by Crippen LogP contribution is -2.44. The maximum absolute atomic E-state index is 11.9. The highest BCUT2D eigenvalue weighted by Gasteiger charge is 2.24. The highest BCUT2D eigenvalue weighted by Crippen LogP contribution is 2.21. The quantitative estimate of drug-likeness (QED) is 0.896. The van der Waals surface area contributed by atoms with Crippen molar-refractivity contribution in [1.29, 1.82) is 0 Å². The van der Waals surface area contributed by atoms with E-state index in [4.69, 9.17) is 28.3 Å². The van der Waals surface area contributed by atoms with Crippen molar-refractivity contribution in [3.63, 3.8) is 0 Å². The number of nitrogens with one attached hydrogen (secondary N) is 1. The lowest BCUT2D eigenvalue weighted by molar-refractivity contribution is -0.140. The first kappa shape index (κ1) is 14.8. The summed E-state index contributed by atoms with van der Waals surface area (Å²) in [7, 11) is 0.